The van der Waals surface area contributed by atoms with Gasteiger partial charge in [-0.3, -0.25) is 0 Å². The predicted molar refractivity (Wildman–Crippen MR) is 77.4 cm³/mol. The second kappa shape index (κ2) is 5.31. The van der Waals surface area contributed by atoms with Crippen molar-refractivity contribution in [1.29, 1.82) is 0 Å². The summed E-state index contributed by atoms with van der Waals surface area (Å²) in [6.07, 6.45) is 8.67. The van der Waals surface area contributed by atoms with Crippen LogP contribution in [0.5, 0.6) is 0 Å². The summed E-state index contributed by atoms with van der Waals surface area (Å²) in [6.45, 7) is 1.06. The Morgan fingerprint density at radius 1 is 1.39 bits per heavy atom. The SMILES string of the molecule is BrCCCN(c1nccc2occc12)C1CCC1. The summed E-state index contributed by atoms with van der Waals surface area (Å²) in [7, 11) is 0. The van der Waals surface area contributed by atoms with Gasteiger partial charge < -0.3 is 9.32 Å². The fraction of sp³-hybridized carbons (Fsp3) is 0.500. The lowest BCUT2D eigenvalue weighted by Crippen LogP contribution is -2.41. The zero-order chi connectivity index (χ0) is 12.4. The highest BCUT2D eigenvalue weighted by Gasteiger charge is 2.26. The number of alkyl halides is 1. The van der Waals surface area contributed by atoms with Gasteiger partial charge in [0.05, 0.1) is 11.6 Å². The maximum Gasteiger partial charge on any atom is 0.139 e. The van der Waals surface area contributed by atoms with Crippen molar-refractivity contribution in [3.8, 4) is 0 Å². The Morgan fingerprint density at radius 3 is 3.00 bits per heavy atom. The van der Waals surface area contributed by atoms with E-state index < -0.39 is 0 Å². The van der Waals surface area contributed by atoms with E-state index in [-0.39, 0.29) is 0 Å². The van der Waals surface area contributed by atoms with Gasteiger partial charge in [0.25, 0.3) is 0 Å². The van der Waals surface area contributed by atoms with E-state index in [0.29, 0.717) is 6.04 Å². The van der Waals surface area contributed by atoms with Gasteiger partial charge in [-0.2, -0.15) is 0 Å². The first-order valence-electron chi connectivity index (χ1n) is 6.55. The largest absolute Gasteiger partial charge is 0.464 e. The van der Waals surface area contributed by atoms with Crippen LogP contribution in [0.15, 0.2) is 29.0 Å². The molecule has 0 atom stereocenters. The van der Waals surface area contributed by atoms with E-state index in [2.05, 4.69) is 25.8 Å². The van der Waals surface area contributed by atoms with Gasteiger partial charge in [-0.05, 0) is 37.8 Å². The number of aromatic nitrogens is 1. The van der Waals surface area contributed by atoms with Crippen LogP contribution < -0.4 is 4.90 Å². The van der Waals surface area contributed by atoms with Crippen LogP contribution >= 0.6 is 15.9 Å². The van der Waals surface area contributed by atoms with Crippen LogP contribution in [0.1, 0.15) is 25.7 Å². The number of furan rings is 1. The lowest BCUT2D eigenvalue weighted by atomic mass is 9.91. The Bertz CT molecular complexity index is 521. The third-order valence-corrected chi connectivity index (χ3v) is 4.24. The Balaban J connectivity index is 1.94. The molecule has 96 valence electrons. The number of halogens is 1. The van der Waals surface area contributed by atoms with Crippen LogP contribution in [0, 0.1) is 0 Å². The molecule has 0 amide bonds. The van der Waals surface area contributed by atoms with E-state index in [1.165, 1.54) is 19.3 Å². The third-order valence-electron chi connectivity index (χ3n) is 3.68. The zero-order valence-corrected chi connectivity index (χ0v) is 11.9. The molecule has 0 bridgehead atoms. The molecule has 0 saturated heterocycles. The van der Waals surface area contributed by atoms with Crippen molar-refractivity contribution in [3.05, 3.63) is 24.6 Å². The lowest BCUT2D eigenvalue weighted by Gasteiger charge is -2.38. The molecule has 2 aromatic heterocycles. The van der Waals surface area contributed by atoms with E-state index >= 15 is 0 Å². The van der Waals surface area contributed by atoms with Crippen molar-refractivity contribution in [2.45, 2.75) is 31.7 Å². The van der Waals surface area contributed by atoms with Crippen molar-refractivity contribution < 1.29 is 4.42 Å². The second-order valence-electron chi connectivity index (χ2n) is 4.79. The topological polar surface area (TPSA) is 29.3 Å². The van der Waals surface area contributed by atoms with Gasteiger partial charge in [0.15, 0.2) is 0 Å². The first-order chi connectivity index (χ1) is 8.90. The highest BCUT2D eigenvalue weighted by atomic mass is 79.9. The van der Waals surface area contributed by atoms with Crippen molar-refractivity contribution in [3.63, 3.8) is 0 Å². The van der Waals surface area contributed by atoms with Gasteiger partial charge in [0.2, 0.25) is 0 Å². The van der Waals surface area contributed by atoms with Crippen LogP contribution in [0.2, 0.25) is 0 Å². The van der Waals surface area contributed by atoms with Gasteiger partial charge in [-0.1, -0.05) is 15.9 Å². The molecule has 1 aliphatic carbocycles. The maximum atomic E-state index is 5.47. The Morgan fingerprint density at radius 2 is 2.28 bits per heavy atom. The molecule has 0 spiro atoms. The summed E-state index contributed by atoms with van der Waals surface area (Å²) in [5.41, 5.74) is 0.933. The summed E-state index contributed by atoms with van der Waals surface area (Å²) >= 11 is 3.52. The average molecular weight is 309 g/mol. The number of fused-ring (bicyclic) bond motifs is 1. The Labute approximate surface area is 115 Å². The van der Waals surface area contributed by atoms with E-state index in [0.717, 1.165) is 35.1 Å². The minimum Gasteiger partial charge on any atom is -0.464 e. The standard InChI is InChI=1S/C14H17BrN2O/c15-7-2-9-17(11-3-1-4-11)14-12-6-10-18-13(12)5-8-16-14/h5-6,8,10-11H,1-4,7,9H2. The number of pyridine rings is 1. The number of hydrogen-bond donors (Lipinski definition) is 0. The second-order valence-corrected chi connectivity index (χ2v) is 5.58. The van der Waals surface area contributed by atoms with Gasteiger partial charge >= 0.3 is 0 Å². The van der Waals surface area contributed by atoms with Gasteiger partial charge in [-0.25, -0.2) is 4.98 Å². The summed E-state index contributed by atoms with van der Waals surface area (Å²) in [5.74, 6) is 1.09. The predicted octanol–water partition coefficient (Wildman–Crippen LogP) is 3.97. The van der Waals surface area contributed by atoms with E-state index in [1.807, 2.05) is 18.3 Å². The molecule has 0 unspecified atom stereocenters. The number of anilines is 1. The molecule has 0 radical (unpaired) electrons. The van der Waals surface area contributed by atoms with Gasteiger partial charge in [0.1, 0.15) is 11.4 Å². The average Bonchev–Trinajstić information content (AvgIpc) is 2.80. The first-order valence-corrected chi connectivity index (χ1v) is 7.67. The Kier molecular flexibility index (Phi) is 3.55. The molecule has 1 fully saturated rings. The number of hydrogen-bond acceptors (Lipinski definition) is 3. The summed E-state index contributed by atoms with van der Waals surface area (Å²) in [4.78, 5) is 7.05. The molecule has 2 aromatic rings. The quantitative estimate of drug-likeness (QED) is 0.783. The highest BCUT2D eigenvalue weighted by molar-refractivity contribution is 9.09. The molecule has 1 saturated carbocycles. The third kappa shape index (κ3) is 2.14. The van der Waals surface area contributed by atoms with Crippen molar-refractivity contribution in [1.82, 2.24) is 4.98 Å². The number of rotatable bonds is 5. The van der Waals surface area contributed by atoms with Crippen molar-refractivity contribution in [2.24, 2.45) is 0 Å². The number of nitrogens with zero attached hydrogens (tertiary/aromatic N) is 2. The van der Waals surface area contributed by atoms with E-state index in [4.69, 9.17) is 4.42 Å². The fourth-order valence-corrected chi connectivity index (χ4v) is 2.75. The molecular weight excluding hydrogens is 292 g/mol. The molecule has 18 heavy (non-hydrogen) atoms. The van der Waals surface area contributed by atoms with E-state index in [9.17, 15) is 0 Å². The first kappa shape index (κ1) is 12.0. The monoisotopic (exact) mass is 308 g/mol. The molecule has 3 rings (SSSR count). The fourth-order valence-electron chi connectivity index (χ4n) is 2.50. The Hall–Kier alpha value is -1.03. The summed E-state index contributed by atoms with van der Waals surface area (Å²) in [5, 5.41) is 2.18. The minimum absolute atomic E-state index is 0.664. The molecule has 1 aliphatic rings. The van der Waals surface area contributed by atoms with Gasteiger partial charge in [-0.15, -0.1) is 0 Å². The normalized spacial score (nSPS) is 15.8. The maximum absolute atomic E-state index is 5.47. The molecule has 0 aromatic carbocycles. The summed E-state index contributed by atoms with van der Waals surface area (Å²) < 4.78 is 5.47. The minimum atomic E-state index is 0.664. The molecule has 4 heteroatoms. The zero-order valence-electron chi connectivity index (χ0n) is 10.3. The van der Waals surface area contributed by atoms with Crippen LogP contribution in [0.4, 0.5) is 5.82 Å². The molecular formula is C14H17BrN2O. The van der Waals surface area contributed by atoms with Gasteiger partial charge in [0, 0.05) is 24.1 Å². The highest BCUT2D eigenvalue weighted by Crippen LogP contribution is 2.33. The smallest absolute Gasteiger partial charge is 0.139 e. The summed E-state index contributed by atoms with van der Waals surface area (Å²) in [6, 6.07) is 4.62. The molecule has 0 aliphatic heterocycles. The molecule has 3 nitrogen and oxygen atoms in total. The molecule has 0 N–H and O–H groups in total. The van der Waals surface area contributed by atoms with Crippen LogP contribution in [0.25, 0.3) is 11.0 Å². The van der Waals surface area contributed by atoms with E-state index in [1.54, 1.807) is 6.26 Å². The van der Waals surface area contributed by atoms with Crippen LogP contribution in [0.3, 0.4) is 0 Å². The lowest BCUT2D eigenvalue weighted by molar-refractivity contribution is 0.385. The van der Waals surface area contributed by atoms with Crippen molar-refractivity contribution >= 4 is 32.7 Å². The molecule has 2 heterocycles. The van der Waals surface area contributed by atoms with Crippen LogP contribution in [-0.4, -0.2) is 22.9 Å². The van der Waals surface area contributed by atoms with Crippen molar-refractivity contribution in [2.75, 3.05) is 16.8 Å². The van der Waals surface area contributed by atoms with Crippen LogP contribution in [-0.2, 0) is 0 Å².